The van der Waals surface area contributed by atoms with Gasteiger partial charge >= 0.3 is 0 Å². The highest BCUT2D eigenvalue weighted by Gasteiger charge is 2.30. The second-order valence-electron chi connectivity index (χ2n) is 5.77. The number of benzene rings is 1. The molecule has 3 unspecified atom stereocenters. The second-order valence-corrected chi connectivity index (χ2v) is 8.05. The average Bonchev–Trinajstić information content (AvgIpc) is 2.44. The van der Waals surface area contributed by atoms with Crippen molar-refractivity contribution in [1.82, 2.24) is 4.72 Å². The molecule has 1 aliphatic rings. The largest absolute Gasteiger partial charge is 0.240 e. The van der Waals surface area contributed by atoms with E-state index in [0.717, 1.165) is 23.7 Å². The molecular formula is C15H22BrNO2S. The minimum Gasteiger partial charge on any atom is -0.208 e. The first-order valence-electron chi connectivity index (χ1n) is 7.11. The molecule has 1 saturated carbocycles. The maximum atomic E-state index is 12.4. The van der Waals surface area contributed by atoms with E-state index >= 15 is 0 Å². The van der Waals surface area contributed by atoms with Gasteiger partial charge < -0.3 is 0 Å². The Labute approximate surface area is 130 Å². The van der Waals surface area contributed by atoms with Crippen LogP contribution < -0.4 is 4.72 Å². The van der Waals surface area contributed by atoms with Gasteiger partial charge in [0.05, 0.1) is 4.90 Å². The summed E-state index contributed by atoms with van der Waals surface area (Å²) in [6, 6.07) is 7.10. The summed E-state index contributed by atoms with van der Waals surface area (Å²) in [6.45, 7) is 4.35. The lowest BCUT2D eigenvalue weighted by molar-refractivity contribution is 0.227. The van der Waals surface area contributed by atoms with E-state index in [4.69, 9.17) is 0 Å². The van der Waals surface area contributed by atoms with Gasteiger partial charge in [-0.1, -0.05) is 54.8 Å². The Morgan fingerprint density at radius 3 is 2.45 bits per heavy atom. The number of hydrogen-bond donors (Lipinski definition) is 1. The van der Waals surface area contributed by atoms with Crippen LogP contribution in [0.5, 0.6) is 0 Å². The van der Waals surface area contributed by atoms with E-state index in [1.54, 1.807) is 12.1 Å². The molecule has 0 heterocycles. The molecule has 0 aliphatic heterocycles. The summed E-state index contributed by atoms with van der Waals surface area (Å²) in [4.78, 5) is 0.354. The van der Waals surface area contributed by atoms with Crippen molar-refractivity contribution in [3.05, 3.63) is 29.8 Å². The molecule has 0 bridgehead atoms. The molecule has 3 atom stereocenters. The monoisotopic (exact) mass is 359 g/mol. The summed E-state index contributed by atoms with van der Waals surface area (Å²) in [7, 11) is -3.41. The van der Waals surface area contributed by atoms with Crippen molar-refractivity contribution < 1.29 is 8.42 Å². The van der Waals surface area contributed by atoms with Crippen molar-refractivity contribution in [1.29, 1.82) is 0 Å². The third-order valence-electron chi connectivity index (χ3n) is 4.40. The molecule has 1 N–H and O–H groups in total. The molecule has 0 spiro atoms. The quantitative estimate of drug-likeness (QED) is 0.833. The molecule has 2 rings (SSSR count). The van der Waals surface area contributed by atoms with E-state index in [-0.39, 0.29) is 6.04 Å². The zero-order chi connectivity index (χ0) is 14.8. The maximum Gasteiger partial charge on any atom is 0.240 e. The zero-order valence-corrected chi connectivity index (χ0v) is 14.4. The average molecular weight is 360 g/mol. The smallest absolute Gasteiger partial charge is 0.208 e. The van der Waals surface area contributed by atoms with Crippen molar-refractivity contribution in [2.45, 2.75) is 49.4 Å². The first-order chi connectivity index (χ1) is 9.44. The predicted molar refractivity (Wildman–Crippen MR) is 85.4 cm³/mol. The van der Waals surface area contributed by atoms with Crippen molar-refractivity contribution >= 4 is 26.0 Å². The Hall–Kier alpha value is -0.390. The van der Waals surface area contributed by atoms with E-state index in [2.05, 4.69) is 34.5 Å². The molecule has 3 nitrogen and oxygen atoms in total. The SMILES string of the molecule is CC1CCCC(NS(=O)(=O)c2ccc(CBr)cc2)C1C. The van der Waals surface area contributed by atoms with Crippen LogP contribution in [0.25, 0.3) is 0 Å². The Kier molecular flexibility index (Phi) is 5.26. The van der Waals surface area contributed by atoms with E-state index in [0.29, 0.717) is 16.7 Å². The molecule has 0 radical (unpaired) electrons. The van der Waals surface area contributed by atoms with Crippen LogP contribution in [0.4, 0.5) is 0 Å². The van der Waals surface area contributed by atoms with Crippen LogP contribution in [0.3, 0.4) is 0 Å². The second kappa shape index (κ2) is 6.58. The third-order valence-corrected chi connectivity index (χ3v) is 6.55. The molecule has 0 amide bonds. The first-order valence-corrected chi connectivity index (χ1v) is 9.71. The van der Waals surface area contributed by atoms with Crippen LogP contribution in [0.15, 0.2) is 29.2 Å². The Morgan fingerprint density at radius 2 is 1.85 bits per heavy atom. The molecule has 1 aromatic carbocycles. The molecule has 1 aliphatic carbocycles. The molecule has 0 saturated heterocycles. The van der Waals surface area contributed by atoms with Crippen molar-refractivity contribution in [3.8, 4) is 0 Å². The minimum absolute atomic E-state index is 0.0552. The Morgan fingerprint density at radius 1 is 1.20 bits per heavy atom. The van der Waals surface area contributed by atoms with Gasteiger partial charge in [-0.3, -0.25) is 0 Å². The lowest BCUT2D eigenvalue weighted by Crippen LogP contribution is -2.43. The fourth-order valence-corrected chi connectivity index (χ4v) is 4.51. The number of nitrogens with one attached hydrogen (secondary N) is 1. The standard InChI is InChI=1S/C15H22BrNO2S/c1-11-4-3-5-15(12(11)2)17-20(18,19)14-8-6-13(10-16)7-9-14/h6-9,11-12,15,17H,3-5,10H2,1-2H3. The molecular weight excluding hydrogens is 338 g/mol. The van der Waals surface area contributed by atoms with Crippen LogP contribution >= 0.6 is 15.9 Å². The molecule has 1 aromatic rings. The van der Waals surface area contributed by atoms with Gasteiger partial charge in [0.1, 0.15) is 0 Å². The van der Waals surface area contributed by atoms with Gasteiger partial charge in [0, 0.05) is 11.4 Å². The van der Waals surface area contributed by atoms with Crippen LogP contribution in [0, 0.1) is 11.8 Å². The van der Waals surface area contributed by atoms with Crippen LogP contribution in [-0.2, 0) is 15.4 Å². The fourth-order valence-electron chi connectivity index (χ4n) is 2.77. The normalized spacial score (nSPS) is 27.4. The topological polar surface area (TPSA) is 46.2 Å². The summed E-state index contributed by atoms with van der Waals surface area (Å²) < 4.78 is 27.7. The van der Waals surface area contributed by atoms with Crippen molar-refractivity contribution in [2.75, 3.05) is 0 Å². The van der Waals surface area contributed by atoms with Crippen LogP contribution in [-0.4, -0.2) is 14.5 Å². The van der Waals surface area contributed by atoms with Crippen LogP contribution in [0.2, 0.25) is 0 Å². The summed E-state index contributed by atoms with van der Waals surface area (Å²) in [5.41, 5.74) is 1.07. The van der Waals surface area contributed by atoms with Gasteiger partial charge in [-0.25, -0.2) is 13.1 Å². The number of rotatable bonds is 4. The summed E-state index contributed by atoms with van der Waals surface area (Å²) >= 11 is 3.36. The molecule has 0 aromatic heterocycles. The van der Waals surface area contributed by atoms with E-state index in [9.17, 15) is 8.42 Å². The lowest BCUT2D eigenvalue weighted by atomic mass is 9.78. The lowest BCUT2D eigenvalue weighted by Gasteiger charge is -2.34. The summed E-state index contributed by atoms with van der Waals surface area (Å²) in [5.74, 6) is 0.965. The highest BCUT2D eigenvalue weighted by molar-refractivity contribution is 9.08. The van der Waals surface area contributed by atoms with E-state index in [1.807, 2.05) is 12.1 Å². The Bertz CT molecular complexity index is 541. The van der Waals surface area contributed by atoms with E-state index < -0.39 is 10.0 Å². The predicted octanol–water partition coefficient (Wildman–Crippen LogP) is 3.68. The van der Waals surface area contributed by atoms with Gasteiger partial charge in [0.15, 0.2) is 0 Å². The maximum absolute atomic E-state index is 12.4. The molecule has 20 heavy (non-hydrogen) atoms. The van der Waals surface area contributed by atoms with Gasteiger partial charge in [-0.2, -0.15) is 0 Å². The number of sulfonamides is 1. The van der Waals surface area contributed by atoms with Crippen LogP contribution in [0.1, 0.15) is 38.7 Å². The van der Waals surface area contributed by atoms with E-state index in [1.165, 1.54) is 6.42 Å². The highest BCUT2D eigenvalue weighted by atomic mass is 79.9. The van der Waals surface area contributed by atoms with Crippen molar-refractivity contribution in [3.63, 3.8) is 0 Å². The van der Waals surface area contributed by atoms with Crippen molar-refractivity contribution in [2.24, 2.45) is 11.8 Å². The number of alkyl halides is 1. The molecule has 1 fully saturated rings. The van der Waals surface area contributed by atoms with Gasteiger partial charge in [0.2, 0.25) is 10.0 Å². The number of halogens is 1. The Balaban J connectivity index is 2.13. The molecule has 112 valence electrons. The first kappa shape index (κ1) is 16.0. The molecule has 5 heteroatoms. The minimum atomic E-state index is -3.41. The highest BCUT2D eigenvalue weighted by Crippen LogP contribution is 2.30. The summed E-state index contributed by atoms with van der Waals surface area (Å²) in [6.07, 6.45) is 3.23. The van der Waals surface area contributed by atoms with Gasteiger partial charge in [0.25, 0.3) is 0 Å². The zero-order valence-electron chi connectivity index (χ0n) is 12.0. The number of hydrogen-bond acceptors (Lipinski definition) is 2. The fraction of sp³-hybridized carbons (Fsp3) is 0.600. The third kappa shape index (κ3) is 3.62. The van der Waals surface area contributed by atoms with Gasteiger partial charge in [-0.05, 0) is 36.0 Å². The summed E-state index contributed by atoms with van der Waals surface area (Å²) in [5, 5.41) is 0.734. The van der Waals surface area contributed by atoms with Gasteiger partial charge in [-0.15, -0.1) is 0 Å².